The van der Waals surface area contributed by atoms with Crippen LogP contribution in [0.1, 0.15) is 17.9 Å². The van der Waals surface area contributed by atoms with Crippen LogP contribution in [0.2, 0.25) is 0 Å². The minimum Gasteiger partial charge on any atom is -0.396 e. The number of rotatable bonds is 3. The topological polar surface area (TPSA) is 46.2 Å². The van der Waals surface area contributed by atoms with Crippen LogP contribution in [-0.4, -0.2) is 18.3 Å². The van der Waals surface area contributed by atoms with E-state index in [1.54, 1.807) is 12.1 Å². The number of hydrogen-bond acceptors (Lipinski definition) is 2. The Hall–Kier alpha value is -0.640. The Labute approximate surface area is 94.7 Å². The molecule has 1 aromatic carbocycles. The summed E-state index contributed by atoms with van der Waals surface area (Å²) in [5, 5.41) is 9.19. The maximum absolute atomic E-state index is 12.7. The molecule has 2 atom stereocenters. The third-order valence-corrected chi connectivity index (χ3v) is 3.18. The van der Waals surface area contributed by atoms with Gasteiger partial charge in [0, 0.05) is 12.0 Å². The summed E-state index contributed by atoms with van der Waals surface area (Å²) in [5.41, 5.74) is 6.54. The molecule has 1 aliphatic carbocycles. The minimum atomic E-state index is -0.225. The van der Waals surface area contributed by atoms with E-state index in [2.05, 4.69) is 0 Å². The highest BCUT2D eigenvalue weighted by molar-refractivity contribution is 5.85. The first-order chi connectivity index (χ1) is 6.72. The monoisotopic (exact) mass is 231 g/mol. The second kappa shape index (κ2) is 4.47. The van der Waals surface area contributed by atoms with Crippen LogP contribution in [0.15, 0.2) is 24.3 Å². The van der Waals surface area contributed by atoms with Crippen LogP contribution in [0, 0.1) is 11.2 Å². The molecule has 0 aliphatic heterocycles. The smallest absolute Gasteiger partial charge is 0.123 e. The van der Waals surface area contributed by atoms with Gasteiger partial charge in [-0.2, -0.15) is 0 Å². The Morgan fingerprint density at radius 1 is 1.40 bits per heavy atom. The normalized spacial score (nSPS) is 28.3. The zero-order valence-corrected chi connectivity index (χ0v) is 9.14. The molecule has 3 N–H and O–H groups in total. The lowest BCUT2D eigenvalue weighted by molar-refractivity contribution is 0.211. The maximum atomic E-state index is 12.7. The second-order valence-electron chi connectivity index (χ2n) is 4.03. The average molecular weight is 232 g/mol. The van der Waals surface area contributed by atoms with Crippen molar-refractivity contribution in [1.82, 2.24) is 0 Å². The Morgan fingerprint density at radius 2 is 2.00 bits per heavy atom. The molecular weight excluding hydrogens is 217 g/mol. The molecule has 2 nitrogen and oxygen atoms in total. The molecule has 84 valence electrons. The first-order valence-corrected chi connectivity index (χ1v) is 4.78. The molecule has 0 spiro atoms. The van der Waals surface area contributed by atoms with Gasteiger partial charge < -0.3 is 10.8 Å². The number of aliphatic hydroxyl groups is 1. The van der Waals surface area contributed by atoms with Crippen molar-refractivity contribution in [2.45, 2.75) is 12.3 Å². The highest BCUT2D eigenvalue weighted by Gasteiger charge is 2.53. The molecule has 2 rings (SSSR count). The van der Waals surface area contributed by atoms with Crippen molar-refractivity contribution in [2.24, 2.45) is 11.1 Å². The number of benzene rings is 1. The Balaban J connectivity index is 0.00000112. The Morgan fingerprint density at radius 3 is 2.40 bits per heavy atom. The van der Waals surface area contributed by atoms with E-state index in [0.717, 1.165) is 12.0 Å². The van der Waals surface area contributed by atoms with Gasteiger partial charge in [0.2, 0.25) is 0 Å². The molecule has 0 aromatic heterocycles. The van der Waals surface area contributed by atoms with Crippen molar-refractivity contribution < 1.29 is 9.50 Å². The molecule has 0 saturated heterocycles. The van der Waals surface area contributed by atoms with Crippen LogP contribution in [-0.2, 0) is 0 Å². The van der Waals surface area contributed by atoms with Gasteiger partial charge in [-0.1, -0.05) is 12.1 Å². The fourth-order valence-corrected chi connectivity index (χ4v) is 1.98. The van der Waals surface area contributed by atoms with Gasteiger partial charge in [-0.05, 0) is 30.0 Å². The zero-order chi connectivity index (χ0) is 10.2. The van der Waals surface area contributed by atoms with E-state index in [9.17, 15) is 9.50 Å². The molecular formula is C11H15ClFNO. The lowest BCUT2D eigenvalue weighted by Crippen LogP contribution is -2.21. The van der Waals surface area contributed by atoms with Crippen molar-refractivity contribution in [2.75, 3.05) is 13.2 Å². The largest absolute Gasteiger partial charge is 0.396 e. The standard InChI is InChI=1S/C11H14FNO.ClH/c12-9-3-1-8(2-4-9)10-5-11(10,6-13)7-14;/h1-4,10,14H,5-7,13H2;1H. The quantitative estimate of drug-likeness (QED) is 0.832. The van der Waals surface area contributed by atoms with Crippen LogP contribution in [0.4, 0.5) is 4.39 Å². The van der Waals surface area contributed by atoms with Crippen molar-refractivity contribution in [3.05, 3.63) is 35.6 Å². The van der Waals surface area contributed by atoms with Gasteiger partial charge in [0.15, 0.2) is 0 Å². The summed E-state index contributed by atoms with van der Waals surface area (Å²) < 4.78 is 12.7. The van der Waals surface area contributed by atoms with Gasteiger partial charge in [-0.25, -0.2) is 4.39 Å². The summed E-state index contributed by atoms with van der Waals surface area (Å²) in [5.74, 6) is 0.0786. The summed E-state index contributed by atoms with van der Waals surface area (Å²) >= 11 is 0. The molecule has 2 unspecified atom stereocenters. The van der Waals surface area contributed by atoms with Crippen molar-refractivity contribution in [3.8, 4) is 0 Å². The summed E-state index contributed by atoms with van der Waals surface area (Å²) in [7, 11) is 0. The number of halogens is 2. The average Bonchev–Trinajstić information content (AvgIpc) is 2.94. The van der Waals surface area contributed by atoms with Gasteiger partial charge in [0.05, 0.1) is 6.61 Å². The van der Waals surface area contributed by atoms with E-state index in [0.29, 0.717) is 12.5 Å². The van der Waals surface area contributed by atoms with Gasteiger partial charge >= 0.3 is 0 Å². The minimum absolute atomic E-state index is 0. The second-order valence-corrected chi connectivity index (χ2v) is 4.03. The molecule has 1 aliphatic rings. The number of nitrogens with two attached hydrogens (primary N) is 1. The predicted molar refractivity (Wildman–Crippen MR) is 59.6 cm³/mol. The summed E-state index contributed by atoms with van der Waals surface area (Å²) in [6.07, 6.45) is 0.908. The molecule has 15 heavy (non-hydrogen) atoms. The number of aliphatic hydroxyl groups excluding tert-OH is 1. The molecule has 0 heterocycles. The number of hydrogen-bond donors (Lipinski definition) is 2. The molecule has 4 heteroatoms. The van der Waals surface area contributed by atoms with Gasteiger partial charge in [-0.3, -0.25) is 0 Å². The fraction of sp³-hybridized carbons (Fsp3) is 0.455. The zero-order valence-electron chi connectivity index (χ0n) is 8.32. The van der Waals surface area contributed by atoms with E-state index < -0.39 is 0 Å². The first kappa shape index (κ1) is 12.4. The Kier molecular flexibility index (Phi) is 3.71. The van der Waals surface area contributed by atoms with Crippen LogP contribution in [0.3, 0.4) is 0 Å². The fourth-order valence-electron chi connectivity index (χ4n) is 1.98. The lowest BCUT2D eigenvalue weighted by atomic mass is 10.0. The van der Waals surface area contributed by atoms with E-state index in [1.165, 1.54) is 12.1 Å². The SMILES string of the molecule is Cl.NCC1(CO)CC1c1ccc(F)cc1. The van der Waals surface area contributed by atoms with Crippen LogP contribution >= 0.6 is 12.4 Å². The van der Waals surface area contributed by atoms with Crippen LogP contribution < -0.4 is 5.73 Å². The highest BCUT2D eigenvalue weighted by Crippen LogP contribution is 2.58. The highest BCUT2D eigenvalue weighted by atomic mass is 35.5. The van der Waals surface area contributed by atoms with Crippen LogP contribution in [0.5, 0.6) is 0 Å². The van der Waals surface area contributed by atoms with Gasteiger partial charge in [0.25, 0.3) is 0 Å². The van der Waals surface area contributed by atoms with Crippen molar-refractivity contribution >= 4 is 12.4 Å². The first-order valence-electron chi connectivity index (χ1n) is 4.78. The molecule has 1 aromatic rings. The molecule has 1 fully saturated rings. The predicted octanol–water partition coefficient (Wildman–Crippen LogP) is 1.67. The summed E-state index contributed by atoms with van der Waals surface area (Å²) in [6, 6.07) is 6.44. The van der Waals surface area contributed by atoms with E-state index >= 15 is 0 Å². The van der Waals surface area contributed by atoms with E-state index in [-0.39, 0.29) is 30.2 Å². The third-order valence-electron chi connectivity index (χ3n) is 3.18. The third kappa shape index (κ3) is 2.14. The van der Waals surface area contributed by atoms with E-state index in [1.807, 2.05) is 0 Å². The van der Waals surface area contributed by atoms with Crippen LogP contribution in [0.25, 0.3) is 0 Å². The maximum Gasteiger partial charge on any atom is 0.123 e. The molecule has 0 amide bonds. The lowest BCUT2D eigenvalue weighted by Gasteiger charge is -2.10. The molecule has 0 bridgehead atoms. The van der Waals surface area contributed by atoms with Gasteiger partial charge in [0.1, 0.15) is 5.82 Å². The summed E-state index contributed by atoms with van der Waals surface area (Å²) in [4.78, 5) is 0. The van der Waals surface area contributed by atoms with Crippen molar-refractivity contribution in [3.63, 3.8) is 0 Å². The van der Waals surface area contributed by atoms with Crippen molar-refractivity contribution in [1.29, 1.82) is 0 Å². The molecule has 1 saturated carbocycles. The van der Waals surface area contributed by atoms with E-state index in [4.69, 9.17) is 5.73 Å². The summed E-state index contributed by atoms with van der Waals surface area (Å²) in [6.45, 7) is 0.608. The Bertz CT molecular complexity index is 324. The molecule has 0 radical (unpaired) electrons. The van der Waals surface area contributed by atoms with Gasteiger partial charge in [-0.15, -0.1) is 12.4 Å².